The van der Waals surface area contributed by atoms with Crippen molar-refractivity contribution in [1.82, 2.24) is 0 Å². The average Bonchev–Trinajstić information content (AvgIpc) is 3.73. The molecule has 264 valence electrons. The number of rotatable bonds is 4. The fourth-order valence-corrected chi connectivity index (χ4v) is 17.1. The maximum Gasteiger partial charge on any atom is -0.147 e. The second-order valence-electron chi connectivity index (χ2n) is 16.6. The zero-order chi connectivity index (χ0) is 34.9. The molecule has 0 aromatic heterocycles. The molecule has 0 saturated carbocycles. The van der Waals surface area contributed by atoms with Crippen LogP contribution >= 0.6 is 24.8 Å². The fraction of sp³-hybridized carbons (Fsp3) is 0.245. The third-order valence-corrected chi connectivity index (χ3v) is 19.1. The van der Waals surface area contributed by atoms with Gasteiger partial charge in [0.25, 0.3) is 0 Å². The van der Waals surface area contributed by atoms with Crippen LogP contribution in [0.4, 0.5) is 0 Å². The van der Waals surface area contributed by atoms with Gasteiger partial charge in [-0.2, -0.15) is 0 Å². The second-order valence-corrected chi connectivity index (χ2v) is 22.5. The van der Waals surface area contributed by atoms with Crippen LogP contribution in [0.2, 0.25) is 0 Å². The van der Waals surface area contributed by atoms with Crippen molar-refractivity contribution in [1.29, 1.82) is 0 Å². The monoisotopic (exact) mass is 798 g/mol. The number of fused-ring (bicyclic) bond motifs is 5. The van der Waals surface area contributed by atoms with Gasteiger partial charge in [-0.25, -0.2) is 0 Å². The van der Waals surface area contributed by atoms with E-state index >= 15 is 0 Å². The van der Waals surface area contributed by atoms with Gasteiger partial charge in [0.2, 0.25) is 0 Å². The van der Waals surface area contributed by atoms with E-state index in [2.05, 4.69) is 177 Å². The summed E-state index contributed by atoms with van der Waals surface area (Å²) in [5, 5.41) is 5.22. The van der Waals surface area contributed by atoms with E-state index in [0.717, 1.165) is 12.8 Å². The third-order valence-electron chi connectivity index (χ3n) is 11.1. The Labute approximate surface area is 331 Å². The predicted octanol–water partition coefficient (Wildman–Crippen LogP) is 13.0. The molecule has 3 heteroatoms. The molecule has 0 saturated heterocycles. The third kappa shape index (κ3) is 6.79. The Morgan fingerprint density at radius 2 is 1.13 bits per heavy atom. The van der Waals surface area contributed by atoms with E-state index < -0.39 is 21.3 Å². The molecule has 0 heterocycles. The van der Waals surface area contributed by atoms with Gasteiger partial charge < -0.3 is 0 Å². The number of hydrogen-bond acceptors (Lipinski definition) is 0. The summed E-state index contributed by atoms with van der Waals surface area (Å²) in [6, 6.07) is 39.9. The molecule has 0 bridgehead atoms. The van der Waals surface area contributed by atoms with E-state index in [1.165, 1.54) is 71.6 Å². The Hall–Kier alpha value is -3.35. The molecule has 52 heavy (non-hydrogen) atoms. The smallest absolute Gasteiger partial charge is 0.147 e. The van der Waals surface area contributed by atoms with E-state index in [9.17, 15) is 0 Å². The molecule has 0 radical (unpaired) electrons. The quantitative estimate of drug-likeness (QED) is 0.166. The minimum absolute atomic E-state index is 0. The van der Waals surface area contributed by atoms with Crippen molar-refractivity contribution >= 4 is 52.8 Å². The Balaban J connectivity index is 0.00000232. The standard InChI is InChI=1S/C23H29.C21H14.C5H5.2ClH.Zr/c1-14-9-16-11-17-10-15(2)21(23(6,7)8)13-19(17)18(16)12-20(14)22(3,4)5;1-3-7-20-14-16(9-11-18(20)5-1)13-17-10-12-19-6-2-4-8-21(19)15-17;1-2-4-5-3-1;;;/h9,12-13H,11H2,1-8H3;1-12,14-15H;1-3H,4H2;2*1H;. The van der Waals surface area contributed by atoms with Gasteiger partial charge in [0.1, 0.15) is 0 Å². The number of hydrogen-bond donors (Lipinski definition) is 0. The molecular weight excluding hydrogens is 751 g/mol. The maximum absolute atomic E-state index is 2.92. The molecule has 6 aromatic rings. The van der Waals surface area contributed by atoms with E-state index in [0.29, 0.717) is 0 Å². The van der Waals surface area contributed by atoms with E-state index in [-0.39, 0.29) is 35.6 Å². The maximum atomic E-state index is 2.59. The largest absolute Gasteiger partial charge is 0.147 e. The van der Waals surface area contributed by atoms with Crippen LogP contribution in [0.1, 0.15) is 92.5 Å². The van der Waals surface area contributed by atoms with Crippen LogP contribution in [0.15, 0.2) is 125 Å². The number of halogens is 2. The first-order valence-corrected chi connectivity index (χ1v) is 22.0. The number of allylic oxidation sites excluding steroid dienone is 4. The van der Waals surface area contributed by atoms with Gasteiger partial charge in [0, 0.05) is 0 Å². The Morgan fingerprint density at radius 1 is 0.596 bits per heavy atom. The summed E-state index contributed by atoms with van der Waals surface area (Å²) in [6.07, 6.45) is 9.28. The molecule has 2 aliphatic carbocycles. The van der Waals surface area contributed by atoms with Crippen LogP contribution in [0, 0.1) is 13.8 Å². The van der Waals surface area contributed by atoms with Crippen LogP contribution < -0.4 is 3.27 Å². The summed E-state index contributed by atoms with van der Waals surface area (Å²) in [4.78, 5) is 0. The minimum Gasteiger partial charge on any atom is -0.147 e. The molecule has 2 aliphatic rings. The van der Waals surface area contributed by atoms with Crippen LogP contribution in [0.3, 0.4) is 0 Å². The molecular formula is C49H50Cl2Zr. The summed E-state index contributed by atoms with van der Waals surface area (Å²) in [5.41, 5.74) is 14.8. The molecule has 6 aromatic carbocycles. The van der Waals surface area contributed by atoms with Gasteiger partial charge in [0.15, 0.2) is 0 Å². The van der Waals surface area contributed by atoms with Crippen LogP contribution in [0.5, 0.6) is 0 Å². The van der Waals surface area contributed by atoms with Crippen LogP contribution in [-0.2, 0) is 38.5 Å². The minimum atomic E-state index is -2.92. The van der Waals surface area contributed by atoms with Crippen molar-refractivity contribution in [3.05, 3.63) is 169 Å². The van der Waals surface area contributed by atoms with Crippen molar-refractivity contribution in [2.24, 2.45) is 0 Å². The first-order valence-electron chi connectivity index (χ1n) is 18.3. The van der Waals surface area contributed by atoms with Gasteiger partial charge in [-0.1, -0.05) is 0 Å². The fourth-order valence-electron chi connectivity index (χ4n) is 8.76. The summed E-state index contributed by atoms with van der Waals surface area (Å²) in [6.45, 7) is 19.1. The summed E-state index contributed by atoms with van der Waals surface area (Å²) >= 11 is -2.92. The normalized spacial score (nSPS) is 13.3. The Bertz CT molecular complexity index is 2380. The topological polar surface area (TPSA) is 0 Å². The van der Waals surface area contributed by atoms with Crippen molar-refractivity contribution in [2.75, 3.05) is 0 Å². The van der Waals surface area contributed by atoms with Gasteiger partial charge in [-0.3, -0.25) is 0 Å². The van der Waals surface area contributed by atoms with Crippen LogP contribution in [-0.4, -0.2) is 3.21 Å². The second kappa shape index (κ2) is 14.5. The molecule has 0 N–H and O–H groups in total. The van der Waals surface area contributed by atoms with E-state index in [1.54, 1.807) is 15.3 Å². The molecule has 0 fully saturated rings. The SMILES string of the molecule is Cc1cc2c(cc1C(C)(C)C)-c1cc(C(C)(C)C)c(C)[c]([Zr]([C]3=CC=CC3)=[C](c3ccc4ccccc4c3)c3ccc4ccccc4c3)c1C2.Cl.Cl. The zero-order valence-corrected chi connectivity index (χ0v) is 35.9. The molecule has 0 aliphatic heterocycles. The molecule has 0 unspecified atom stereocenters. The summed E-state index contributed by atoms with van der Waals surface area (Å²) in [7, 11) is 0. The molecule has 0 atom stereocenters. The van der Waals surface area contributed by atoms with Crippen LogP contribution in [0.25, 0.3) is 32.7 Å². The Kier molecular flexibility index (Phi) is 10.7. The summed E-state index contributed by atoms with van der Waals surface area (Å²) < 4.78 is 4.97. The predicted molar refractivity (Wildman–Crippen MR) is 229 cm³/mol. The Morgan fingerprint density at radius 3 is 1.65 bits per heavy atom. The van der Waals surface area contributed by atoms with Gasteiger partial charge >= 0.3 is 309 Å². The molecule has 0 nitrogen and oxygen atoms in total. The number of aryl methyl sites for hydroxylation is 1. The first kappa shape index (κ1) is 38.4. The van der Waals surface area contributed by atoms with Crippen molar-refractivity contribution in [3.63, 3.8) is 0 Å². The number of benzene rings is 6. The van der Waals surface area contributed by atoms with E-state index in [1.807, 2.05) is 0 Å². The van der Waals surface area contributed by atoms with Gasteiger partial charge in [0.05, 0.1) is 0 Å². The molecule has 0 spiro atoms. The average molecular weight is 801 g/mol. The van der Waals surface area contributed by atoms with Crippen molar-refractivity contribution in [3.8, 4) is 11.1 Å². The van der Waals surface area contributed by atoms with Crippen molar-refractivity contribution < 1.29 is 21.3 Å². The summed E-state index contributed by atoms with van der Waals surface area (Å²) in [5.74, 6) is 0. The van der Waals surface area contributed by atoms with Gasteiger partial charge in [-0.05, 0) is 0 Å². The molecule has 0 amide bonds. The van der Waals surface area contributed by atoms with Crippen molar-refractivity contribution in [2.45, 2.75) is 79.1 Å². The van der Waals surface area contributed by atoms with Gasteiger partial charge in [-0.15, -0.1) is 24.8 Å². The first-order chi connectivity index (χ1) is 23.9. The molecule has 8 rings (SSSR count). The zero-order valence-electron chi connectivity index (χ0n) is 31.8. The van der Waals surface area contributed by atoms with E-state index in [4.69, 9.17) is 0 Å².